The Labute approximate surface area is 95.7 Å². The van der Waals surface area contributed by atoms with Crippen molar-refractivity contribution in [3.05, 3.63) is 32.6 Å². The monoisotopic (exact) mass is 240 g/mol. The number of H-pyrrole nitrogens is 1. The molecule has 1 fully saturated rings. The zero-order valence-corrected chi connectivity index (χ0v) is 9.01. The fourth-order valence-corrected chi connectivity index (χ4v) is 1.80. The van der Waals surface area contributed by atoms with E-state index >= 15 is 0 Å². The summed E-state index contributed by atoms with van der Waals surface area (Å²) in [6.45, 7) is 0.790. The third-order valence-corrected chi connectivity index (χ3v) is 2.66. The standard InChI is InChI=1S/C10H12N2O5/c13-8-4-7(9(14)15)11-10(16)12(8)5-6-2-1-3-17-6/h4,6H,1-3,5H2,(H,11,16)(H,14,15). The van der Waals surface area contributed by atoms with Gasteiger partial charge < -0.3 is 14.8 Å². The number of hydrogen-bond donors (Lipinski definition) is 2. The van der Waals surface area contributed by atoms with Crippen molar-refractivity contribution in [1.29, 1.82) is 0 Å². The summed E-state index contributed by atoms with van der Waals surface area (Å²) in [4.78, 5) is 35.9. The number of nitrogens with one attached hydrogen (secondary N) is 1. The minimum absolute atomic E-state index is 0.149. The Hall–Kier alpha value is -1.89. The molecule has 1 aromatic heterocycles. The Morgan fingerprint density at radius 2 is 2.35 bits per heavy atom. The van der Waals surface area contributed by atoms with Gasteiger partial charge in [0.1, 0.15) is 5.69 Å². The molecule has 0 aromatic carbocycles. The summed E-state index contributed by atoms with van der Waals surface area (Å²) in [5, 5.41) is 8.67. The summed E-state index contributed by atoms with van der Waals surface area (Å²) in [5.74, 6) is -1.33. The summed E-state index contributed by atoms with van der Waals surface area (Å²) in [7, 11) is 0. The molecule has 0 amide bonds. The minimum atomic E-state index is -1.33. The largest absolute Gasteiger partial charge is 0.477 e. The van der Waals surface area contributed by atoms with Crippen LogP contribution in [0.1, 0.15) is 23.3 Å². The van der Waals surface area contributed by atoms with Crippen LogP contribution in [0.25, 0.3) is 0 Å². The minimum Gasteiger partial charge on any atom is -0.477 e. The maximum atomic E-state index is 11.6. The van der Waals surface area contributed by atoms with Crippen LogP contribution in [-0.4, -0.2) is 33.3 Å². The van der Waals surface area contributed by atoms with Gasteiger partial charge >= 0.3 is 11.7 Å². The van der Waals surface area contributed by atoms with Crippen LogP contribution in [0.3, 0.4) is 0 Å². The highest BCUT2D eigenvalue weighted by Crippen LogP contribution is 2.12. The molecule has 7 nitrogen and oxygen atoms in total. The van der Waals surface area contributed by atoms with Gasteiger partial charge in [0.15, 0.2) is 0 Å². The summed E-state index contributed by atoms with van der Waals surface area (Å²) >= 11 is 0. The number of carboxylic acids is 1. The van der Waals surface area contributed by atoms with Crippen LogP contribution in [0.4, 0.5) is 0 Å². The molecule has 7 heteroatoms. The summed E-state index contributed by atoms with van der Waals surface area (Å²) < 4.78 is 6.28. The van der Waals surface area contributed by atoms with Gasteiger partial charge in [0.25, 0.3) is 5.56 Å². The second-order valence-corrected chi connectivity index (χ2v) is 3.88. The van der Waals surface area contributed by atoms with E-state index in [0.717, 1.165) is 23.5 Å². The first-order valence-electron chi connectivity index (χ1n) is 5.27. The quantitative estimate of drug-likeness (QED) is 0.735. The van der Waals surface area contributed by atoms with E-state index in [0.29, 0.717) is 6.61 Å². The fourth-order valence-electron chi connectivity index (χ4n) is 1.80. The fraction of sp³-hybridized carbons (Fsp3) is 0.500. The Kier molecular flexibility index (Phi) is 3.10. The number of aromatic nitrogens is 2. The molecule has 0 radical (unpaired) electrons. The van der Waals surface area contributed by atoms with Gasteiger partial charge in [-0.05, 0) is 12.8 Å². The molecular formula is C10H12N2O5. The number of carbonyl (C=O) groups is 1. The number of nitrogens with zero attached hydrogens (tertiary/aromatic N) is 1. The number of ether oxygens (including phenoxy) is 1. The molecule has 1 aliphatic rings. The van der Waals surface area contributed by atoms with E-state index in [1.54, 1.807) is 0 Å². The van der Waals surface area contributed by atoms with Gasteiger partial charge in [0, 0.05) is 12.7 Å². The van der Waals surface area contributed by atoms with E-state index in [2.05, 4.69) is 4.98 Å². The SMILES string of the molecule is O=C(O)c1cc(=O)n(CC2CCCO2)c(=O)[nH]1. The predicted molar refractivity (Wildman–Crippen MR) is 57.3 cm³/mol. The lowest BCUT2D eigenvalue weighted by atomic mass is 10.2. The molecule has 1 atom stereocenters. The van der Waals surface area contributed by atoms with Gasteiger partial charge in [-0.15, -0.1) is 0 Å². The van der Waals surface area contributed by atoms with Crippen molar-refractivity contribution in [1.82, 2.24) is 9.55 Å². The summed E-state index contributed by atoms with van der Waals surface area (Å²) in [6, 6.07) is 0.901. The molecule has 2 rings (SSSR count). The van der Waals surface area contributed by atoms with E-state index < -0.39 is 22.9 Å². The molecule has 17 heavy (non-hydrogen) atoms. The first-order valence-corrected chi connectivity index (χ1v) is 5.27. The normalized spacial score (nSPS) is 19.4. The van der Waals surface area contributed by atoms with Crippen LogP contribution in [0.5, 0.6) is 0 Å². The molecule has 1 unspecified atom stereocenters. The third kappa shape index (κ3) is 2.44. The molecule has 0 spiro atoms. The van der Waals surface area contributed by atoms with E-state index in [1.165, 1.54) is 0 Å². The Morgan fingerprint density at radius 3 is 2.88 bits per heavy atom. The molecule has 1 aromatic rings. The molecule has 2 N–H and O–H groups in total. The zero-order valence-electron chi connectivity index (χ0n) is 9.01. The molecule has 0 saturated carbocycles. The van der Waals surface area contributed by atoms with Gasteiger partial charge in [0.2, 0.25) is 0 Å². The second-order valence-electron chi connectivity index (χ2n) is 3.88. The third-order valence-electron chi connectivity index (χ3n) is 2.66. The van der Waals surface area contributed by atoms with Crippen LogP contribution in [-0.2, 0) is 11.3 Å². The molecule has 1 aliphatic heterocycles. The highest BCUT2D eigenvalue weighted by Gasteiger charge is 2.18. The Balaban J connectivity index is 2.31. The first-order chi connectivity index (χ1) is 8.08. The number of aromatic carboxylic acids is 1. The number of carboxylic acid groups (broad SMARTS) is 1. The molecular weight excluding hydrogens is 228 g/mol. The smallest absolute Gasteiger partial charge is 0.352 e. The molecule has 1 saturated heterocycles. The van der Waals surface area contributed by atoms with Crippen molar-refractivity contribution in [2.45, 2.75) is 25.5 Å². The lowest BCUT2D eigenvalue weighted by Crippen LogP contribution is -2.39. The number of hydrogen-bond acceptors (Lipinski definition) is 4. The zero-order chi connectivity index (χ0) is 12.4. The maximum absolute atomic E-state index is 11.6. The van der Waals surface area contributed by atoms with E-state index in [4.69, 9.17) is 9.84 Å². The van der Waals surface area contributed by atoms with E-state index in [1.807, 2.05) is 0 Å². The van der Waals surface area contributed by atoms with Crippen LogP contribution in [0, 0.1) is 0 Å². The van der Waals surface area contributed by atoms with E-state index in [9.17, 15) is 14.4 Å². The number of aromatic amines is 1. The maximum Gasteiger partial charge on any atom is 0.352 e. The van der Waals surface area contributed by atoms with Crippen molar-refractivity contribution in [2.24, 2.45) is 0 Å². The van der Waals surface area contributed by atoms with Crippen LogP contribution in [0.2, 0.25) is 0 Å². The summed E-state index contributed by atoms with van der Waals surface area (Å²) in [6.07, 6.45) is 1.56. The van der Waals surface area contributed by atoms with Crippen LogP contribution >= 0.6 is 0 Å². The van der Waals surface area contributed by atoms with Gasteiger partial charge in [-0.25, -0.2) is 9.59 Å². The van der Waals surface area contributed by atoms with Gasteiger partial charge in [-0.1, -0.05) is 0 Å². The average Bonchev–Trinajstić information content (AvgIpc) is 2.75. The van der Waals surface area contributed by atoms with Crippen LogP contribution < -0.4 is 11.2 Å². The topological polar surface area (TPSA) is 101 Å². The van der Waals surface area contributed by atoms with Crippen molar-refractivity contribution < 1.29 is 14.6 Å². The number of rotatable bonds is 3. The van der Waals surface area contributed by atoms with Gasteiger partial charge in [-0.3, -0.25) is 9.36 Å². The Bertz CT molecular complexity index is 507. The average molecular weight is 240 g/mol. The van der Waals surface area contributed by atoms with Gasteiger partial charge in [-0.2, -0.15) is 0 Å². The highest BCUT2D eigenvalue weighted by molar-refractivity contribution is 5.84. The van der Waals surface area contributed by atoms with Crippen molar-refractivity contribution in [3.8, 4) is 0 Å². The molecule has 2 heterocycles. The van der Waals surface area contributed by atoms with Crippen molar-refractivity contribution in [2.75, 3.05) is 6.61 Å². The van der Waals surface area contributed by atoms with Crippen molar-refractivity contribution >= 4 is 5.97 Å². The van der Waals surface area contributed by atoms with Crippen LogP contribution in [0.15, 0.2) is 15.7 Å². The van der Waals surface area contributed by atoms with E-state index in [-0.39, 0.29) is 12.6 Å². The first kappa shape index (κ1) is 11.6. The van der Waals surface area contributed by atoms with Crippen molar-refractivity contribution in [3.63, 3.8) is 0 Å². The molecule has 0 aliphatic carbocycles. The highest BCUT2D eigenvalue weighted by atomic mass is 16.5. The molecule has 92 valence electrons. The molecule has 0 bridgehead atoms. The predicted octanol–water partition coefficient (Wildman–Crippen LogP) is -0.586. The van der Waals surface area contributed by atoms with Gasteiger partial charge in [0.05, 0.1) is 12.6 Å². The Morgan fingerprint density at radius 1 is 1.59 bits per heavy atom. The lowest BCUT2D eigenvalue weighted by Gasteiger charge is -2.10. The second kappa shape index (κ2) is 4.54. The lowest BCUT2D eigenvalue weighted by molar-refractivity contribution is 0.0688. The summed E-state index contributed by atoms with van der Waals surface area (Å²) in [5.41, 5.74) is -1.74.